The Morgan fingerprint density at radius 3 is 2.37 bits per heavy atom. The van der Waals surface area contributed by atoms with Crippen LogP contribution >= 0.6 is 0 Å². The van der Waals surface area contributed by atoms with E-state index in [-0.39, 0.29) is 0 Å². The number of aromatic nitrogens is 3. The summed E-state index contributed by atoms with van der Waals surface area (Å²) in [6.07, 6.45) is 5.08. The molecule has 2 aliphatic heterocycles. The molecule has 0 spiro atoms. The van der Waals surface area contributed by atoms with Gasteiger partial charge in [0.25, 0.3) is 0 Å². The van der Waals surface area contributed by atoms with Crippen LogP contribution in [0.2, 0.25) is 0 Å². The molecule has 0 unspecified atom stereocenters. The molecule has 0 amide bonds. The third-order valence-corrected chi connectivity index (χ3v) is 5.64. The summed E-state index contributed by atoms with van der Waals surface area (Å²) in [5.74, 6) is 3.97. The number of fused-ring (bicyclic) bond motifs is 1. The zero-order chi connectivity index (χ0) is 18.8. The third-order valence-electron chi connectivity index (χ3n) is 5.64. The quantitative estimate of drug-likeness (QED) is 0.821. The average Bonchev–Trinajstić information content (AvgIpc) is 2.73. The van der Waals surface area contributed by atoms with Crippen molar-refractivity contribution < 1.29 is 9.47 Å². The fourth-order valence-corrected chi connectivity index (χ4v) is 3.86. The Morgan fingerprint density at radius 2 is 1.67 bits per heavy atom. The lowest BCUT2D eigenvalue weighted by Crippen LogP contribution is -2.35. The summed E-state index contributed by atoms with van der Waals surface area (Å²) in [6, 6.07) is 4.16. The van der Waals surface area contributed by atoms with E-state index >= 15 is 0 Å². The van der Waals surface area contributed by atoms with Gasteiger partial charge in [-0.1, -0.05) is 6.92 Å². The summed E-state index contributed by atoms with van der Waals surface area (Å²) in [6.45, 7) is 6.00. The van der Waals surface area contributed by atoms with Gasteiger partial charge in [0, 0.05) is 26.2 Å². The smallest absolute Gasteiger partial charge is 0.247 e. The number of hydrogen-bond donors (Lipinski definition) is 0. The topological polar surface area (TPSA) is 63.6 Å². The second-order valence-corrected chi connectivity index (χ2v) is 7.43. The predicted molar refractivity (Wildman–Crippen MR) is 105 cm³/mol. The molecule has 0 radical (unpaired) electrons. The van der Waals surface area contributed by atoms with Gasteiger partial charge in [-0.3, -0.25) is 0 Å². The van der Waals surface area contributed by atoms with E-state index in [2.05, 4.69) is 39.1 Å². The minimum atomic E-state index is 0.748. The number of piperidine rings is 1. The van der Waals surface area contributed by atoms with Gasteiger partial charge < -0.3 is 19.3 Å². The van der Waals surface area contributed by atoms with Gasteiger partial charge in [0.05, 0.1) is 20.4 Å². The molecule has 2 aromatic rings. The Balaban J connectivity index is 1.54. The predicted octanol–water partition coefficient (Wildman–Crippen LogP) is 2.69. The van der Waals surface area contributed by atoms with Crippen molar-refractivity contribution >= 4 is 11.8 Å². The minimum Gasteiger partial charge on any atom is -0.493 e. The monoisotopic (exact) mass is 369 g/mol. The zero-order valence-corrected chi connectivity index (χ0v) is 16.3. The Hall–Kier alpha value is -2.57. The molecule has 1 fully saturated rings. The Bertz CT molecular complexity index is 805. The van der Waals surface area contributed by atoms with E-state index in [9.17, 15) is 0 Å². The van der Waals surface area contributed by atoms with Crippen LogP contribution < -0.4 is 19.3 Å². The van der Waals surface area contributed by atoms with E-state index in [1.165, 1.54) is 24.0 Å². The molecular weight excluding hydrogens is 342 g/mol. The molecule has 7 heteroatoms. The maximum Gasteiger partial charge on any atom is 0.247 e. The van der Waals surface area contributed by atoms with Gasteiger partial charge >= 0.3 is 0 Å². The molecule has 0 atom stereocenters. The van der Waals surface area contributed by atoms with Gasteiger partial charge in [0.15, 0.2) is 17.3 Å². The van der Waals surface area contributed by atoms with Gasteiger partial charge in [-0.2, -0.15) is 10.1 Å². The van der Waals surface area contributed by atoms with Crippen LogP contribution in [0.15, 0.2) is 18.3 Å². The highest BCUT2D eigenvalue weighted by Crippen LogP contribution is 2.34. The highest BCUT2D eigenvalue weighted by molar-refractivity contribution is 5.52. The van der Waals surface area contributed by atoms with Crippen molar-refractivity contribution in [3.8, 4) is 11.5 Å². The Labute approximate surface area is 160 Å². The largest absolute Gasteiger partial charge is 0.493 e. The van der Waals surface area contributed by atoms with Crippen molar-refractivity contribution in [1.82, 2.24) is 15.2 Å². The van der Waals surface area contributed by atoms with E-state index in [1.807, 2.05) is 0 Å². The molecule has 0 N–H and O–H groups in total. The summed E-state index contributed by atoms with van der Waals surface area (Å²) in [5.41, 5.74) is 2.54. The number of rotatable bonds is 4. The fraction of sp³-hybridized carbons (Fsp3) is 0.550. The SMILES string of the molecule is COc1cc2c(cc1OC)CN(c1cnnc(N3CCC(C)CC3)n1)CC2. The molecule has 2 aliphatic rings. The molecule has 0 saturated carbocycles. The highest BCUT2D eigenvalue weighted by atomic mass is 16.5. The molecule has 1 aromatic carbocycles. The number of benzene rings is 1. The van der Waals surface area contributed by atoms with Crippen LogP contribution in [0.3, 0.4) is 0 Å². The lowest BCUT2D eigenvalue weighted by molar-refractivity contribution is 0.353. The first-order valence-electron chi connectivity index (χ1n) is 9.61. The normalized spacial score (nSPS) is 17.6. The summed E-state index contributed by atoms with van der Waals surface area (Å²) >= 11 is 0. The molecular formula is C20H27N5O2. The fourth-order valence-electron chi connectivity index (χ4n) is 3.86. The van der Waals surface area contributed by atoms with E-state index in [4.69, 9.17) is 14.5 Å². The van der Waals surface area contributed by atoms with Gasteiger partial charge in [-0.25, -0.2) is 0 Å². The first-order chi connectivity index (χ1) is 13.2. The molecule has 0 bridgehead atoms. The van der Waals surface area contributed by atoms with Crippen molar-refractivity contribution in [2.24, 2.45) is 5.92 Å². The minimum absolute atomic E-state index is 0.748. The number of hydrogen-bond acceptors (Lipinski definition) is 7. The van der Waals surface area contributed by atoms with Crippen LogP contribution in [0, 0.1) is 5.92 Å². The Morgan fingerprint density at radius 1 is 0.963 bits per heavy atom. The van der Waals surface area contributed by atoms with Gasteiger partial charge in [0.1, 0.15) is 0 Å². The van der Waals surface area contributed by atoms with Crippen LogP contribution in [0.5, 0.6) is 11.5 Å². The van der Waals surface area contributed by atoms with Crippen molar-refractivity contribution in [2.45, 2.75) is 32.7 Å². The van der Waals surface area contributed by atoms with Gasteiger partial charge in [-0.15, -0.1) is 5.10 Å². The van der Waals surface area contributed by atoms with E-state index in [0.717, 1.165) is 61.8 Å². The molecule has 0 aliphatic carbocycles. The maximum absolute atomic E-state index is 5.46. The summed E-state index contributed by atoms with van der Waals surface area (Å²) in [4.78, 5) is 9.33. The van der Waals surface area contributed by atoms with Crippen LogP contribution in [0.1, 0.15) is 30.9 Å². The van der Waals surface area contributed by atoms with Crippen molar-refractivity contribution in [1.29, 1.82) is 0 Å². The molecule has 7 nitrogen and oxygen atoms in total. The number of nitrogens with zero attached hydrogens (tertiary/aromatic N) is 5. The zero-order valence-electron chi connectivity index (χ0n) is 16.3. The Kier molecular flexibility index (Phi) is 5.01. The second kappa shape index (κ2) is 7.58. The van der Waals surface area contributed by atoms with E-state index in [0.29, 0.717) is 0 Å². The van der Waals surface area contributed by atoms with Crippen LogP contribution in [-0.4, -0.2) is 49.0 Å². The highest BCUT2D eigenvalue weighted by Gasteiger charge is 2.23. The lowest BCUT2D eigenvalue weighted by atomic mass is 9.99. The molecule has 27 heavy (non-hydrogen) atoms. The standard InChI is InChI=1S/C20H27N5O2/c1-14-4-7-24(8-5-14)20-22-19(12-21-23-20)25-9-6-15-10-17(26-2)18(27-3)11-16(15)13-25/h10-12,14H,4-9,13H2,1-3H3. The number of methoxy groups -OCH3 is 2. The molecule has 3 heterocycles. The van der Waals surface area contributed by atoms with Crippen molar-refractivity contribution in [2.75, 3.05) is 43.7 Å². The first kappa shape index (κ1) is 17.8. The van der Waals surface area contributed by atoms with E-state index < -0.39 is 0 Å². The molecule has 1 aromatic heterocycles. The summed E-state index contributed by atoms with van der Waals surface area (Å²) < 4.78 is 10.9. The average molecular weight is 369 g/mol. The lowest BCUT2D eigenvalue weighted by Gasteiger charge is -2.32. The van der Waals surface area contributed by atoms with Crippen molar-refractivity contribution in [3.05, 3.63) is 29.5 Å². The number of anilines is 2. The third kappa shape index (κ3) is 3.63. The molecule has 4 rings (SSSR count). The maximum atomic E-state index is 5.46. The van der Waals surface area contributed by atoms with Crippen LogP contribution in [0.4, 0.5) is 11.8 Å². The molecule has 144 valence electrons. The van der Waals surface area contributed by atoms with E-state index in [1.54, 1.807) is 20.4 Å². The van der Waals surface area contributed by atoms with Gasteiger partial charge in [-0.05, 0) is 48.4 Å². The first-order valence-corrected chi connectivity index (χ1v) is 9.61. The summed E-state index contributed by atoms with van der Waals surface area (Å²) in [5, 5.41) is 8.51. The van der Waals surface area contributed by atoms with Crippen LogP contribution in [0.25, 0.3) is 0 Å². The number of ether oxygens (including phenoxy) is 2. The molecule has 1 saturated heterocycles. The summed E-state index contributed by atoms with van der Waals surface area (Å²) in [7, 11) is 3.35. The van der Waals surface area contributed by atoms with Gasteiger partial charge in [0.2, 0.25) is 5.95 Å². The van der Waals surface area contributed by atoms with Crippen molar-refractivity contribution in [3.63, 3.8) is 0 Å². The second-order valence-electron chi connectivity index (χ2n) is 7.43. The van der Waals surface area contributed by atoms with Crippen LogP contribution in [-0.2, 0) is 13.0 Å².